The van der Waals surface area contributed by atoms with E-state index in [1.807, 2.05) is 18.0 Å². The van der Waals surface area contributed by atoms with Gasteiger partial charge in [0.1, 0.15) is 5.82 Å². The van der Waals surface area contributed by atoms with Crippen LogP contribution in [-0.4, -0.2) is 41.4 Å². The lowest BCUT2D eigenvalue weighted by atomic mass is 9.97. The molecule has 120 valence electrons. The molecule has 0 aromatic heterocycles. The SMILES string of the molecule is CN1C(=O)CCCC[C@@H]2[C@@H]1CCN2Cc1ccc(Cl)c(F)c1. The van der Waals surface area contributed by atoms with Crippen LogP contribution in [0.5, 0.6) is 0 Å². The minimum atomic E-state index is -0.361. The number of likely N-dealkylation sites (N-methyl/N-ethyl adjacent to an activating group) is 1. The van der Waals surface area contributed by atoms with Gasteiger partial charge in [-0.2, -0.15) is 0 Å². The molecule has 0 bridgehead atoms. The van der Waals surface area contributed by atoms with Gasteiger partial charge in [0.2, 0.25) is 5.91 Å². The van der Waals surface area contributed by atoms with Crippen LogP contribution in [0, 0.1) is 5.82 Å². The molecule has 2 saturated heterocycles. The largest absolute Gasteiger partial charge is 0.341 e. The van der Waals surface area contributed by atoms with Crippen LogP contribution in [0.3, 0.4) is 0 Å². The molecule has 2 aliphatic heterocycles. The Balaban J connectivity index is 1.74. The lowest BCUT2D eigenvalue weighted by molar-refractivity contribution is -0.133. The number of carbonyl (C=O) groups is 1. The number of carbonyl (C=O) groups excluding carboxylic acids is 1. The average Bonchev–Trinajstić information content (AvgIpc) is 2.87. The quantitative estimate of drug-likeness (QED) is 0.832. The van der Waals surface area contributed by atoms with E-state index in [0.717, 1.165) is 44.3 Å². The molecule has 5 heteroatoms. The Morgan fingerprint density at radius 1 is 1.27 bits per heavy atom. The van der Waals surface area contributed by atoms with Crippen LogP contribution >= 0.6 is 11.6 Å². The predicted octanol–water partition coefficient (Wildman–Crippen LogP) is 3.45. The first-order valence-electron chi connectivity index (χ1n) is 8.00. The molecule has 0 spiro atoms. The van der Waals surface area contributed by atoms with E-state index in [1.54, 1.807) is 6.07 Å². The molecule has 22 heavy (non-hydrogen) atoms. The molecule has 1 aromatic rings. The summed E-state index contributed by atoms with van der Waals surface area (Å²) < 4.78 is 13.6. The van der Waals surface area contributed by atoms with Gasteiger partial charge in [0.05, 0.1) is 5.02 Å². The maximum atomic E-state index is 13.6. The van der Waals surface area contributed by atoms with Crippen molar-refractivity contribution in [3.63, 3.8) is 0 Å². The highest BCUT2D eigenvalue weighted by Crippen LogP contribution is 2.30. The van der Waals surface area contributed by atoms with Crippen molar-refractivity contribution < 1.29 is 9.18 Å². The molecule has 2 atom stereocenters. The van der Waals surface area contributed by atoms with Gasteiger partial charge in [0.25, 0.3) is 0 Å². The molecule has 0 aliphatic carbocycles. The summed E-state index contributed by atoms with van der Waals surface area (Å²) in [6.07, 6.45) is 4.84. The van der Waals surface area contributed by atoms with Crippen molar-refractivity contribution in [3.8, 4) is 0 Å². The number of fused-ring (bicyclic) bond motifs is 1. The Kier molecular flexibility index (Phi) is 4.69. The van der Waals surface area contributed by atoms with Gasteiger partial charge in [-0.25, -0.2) is 4.39 Å². The average molecular weight is 325 g/mol. The smallest absolute Gasteiger partial charge is 0.222 e. The van der Waals surface area contributed by atoms with E-state index in [2.05, 4.69) is 4.90 Å². The van der Waals surface area contributed by atoms with Crippen LogP contribution in [0.2, 0.25) is 5.02 Å². The molecular formula is C17H22ClFN2O. The van der Waals surface area contributed by atoms with E-state index < -0.39 is 0 Å². The van der Waals surface area contributed by atoms with Crippen molar-refractivity contribution in [2.45, 2.75) is 50.7 Å². The number of hydrogen-bond acceptors (Lipinski definition) is 2. The minimum Gasteiger partial charge on any atom is -0.341 e. The van der Waals surface area contributed by atoms with Crippen LogP contribution in [0.25, 0.3) is 0 Å². The molecule has 2 aliphatic rings. The predicted molar refractivity (Wildman–Crippen MR) is 85.3 cm³/mol. The summed E-state index contributed by atoms with van der Waals surface area (Å²) in [6.45, 7) is 1.68. The van der Waals surface area contributed by atoms with Gasteiger partial charge in [-0.1, -0.05) is 24.1 Å². The highest BCUT2D eigenvalue weighted by Gasteiger charge is 2.38. The zero-order valence-corrected chi connectivity index (χ0v) is 13.7. The molecule has 0 N–H and O–H groups in total. The van der Waals surface area contributed by atoms with Crippen molar-refractivity contribution >= 4 is 17.5 Å². The molecule has 0 radical (unpaired) electrons. The van der Waals surface area contributed by atoms with Crippen molar-refractivity contribution in [2.24, 2.45) is 0 Å². The highest BCUT2D eigenvalue weighted by atomic mass is 35.5. The summed E-state index contributed by atoms with van der Waals surface area (Å²) in [6, 6.07) is 5.70. The van der Waals surface area contributed by atoms with Crippen molar-refractivity contribution in [3.05, 3.63) is 34.6 Å². The molecule has 1 aromatic carbocycles. The van der Waals surface area contributed by atoms with E-state index in [0.29, 0.717) is 18.5 Å². The van der Waals surface area contributed by atoms with Crippen molar-refractivity contribution in [1.82, 2.24) is 9.80 Å². The summed E-state index contributed by atoms with van der Waals surface area (Å²) in [5.74, 6) is -0.103. The Morgan fingerprint density at radius 2 is 2.09 bits per heavy atom. The summed E-state index contributed by atoms with van der Waals surface area (Å²) in [7, 11) is 1.93. The maximum Gasteiger partial charge on any atom is 0.222 e. The van der Waals surface area contributed by atoms with E-state index in [4.69, 9.17) is 11.6 Å². The molecule has 2 fully saturated rings. The fourth-order valence-electron chi connectivity index (χ4n) is 3.79. The van der Waals surface area contributed by atoms with Crippen LogP contribution in [0.15, 0.2) is 18.2 Å². The Hall–Kier alpha value is -1.13. The second-order valence-corrected chi connectivity index (χ2v) is 6.80. The van der Waals surface area contributed by atoms with Crippen LogP contribution in [0.1, 0.15) is 37.7 Å². The van der Waals surface area contributed by atoms with Crippen molar-refractivity contribution in [2.75, 3.05) is 13.6 Å². The number of halogens is 2. The monoisotopic (exact) mass is 324 g/mol. The third-order valence-corrected chi connectivity index (χ3v) is 5.33. The molecule has 1 amide bonds. The highest BCUT2D eigenvalue weighted by molar-refractivity contribution is 6.30. The number of nitrogens with zero attached hydrogens (tertiary/aromatic N) is 2. The van der Waals surface area contributed by atoms with Gasteiger partial charge in [-0.3, -0.25) is 9.69 Å². The third-order valence-electron chi connectivity index (χ3n) is 5.03. The molecule has 2 heterocycles. The van der Waals surface area contributed by atoms with Crippen LogP contribution < -0.4 is 0 Å². The second-order valence-electron chi connectivity index (χ2n) is 6.39. The lowest BCUT2D eigenvalue weighted by Gasteiger charge is -2.35. The standard InChI is InChI=1S/C17H22ClFN2O/c1-20-15-8-9-21(16(15)4-2-3-5-17(20)22)11-12-6-7-13(18)14(19)10-12/h6-7,10,15-16H,2-5,8-9,11H2,1H3/t15-,16+/m0/s1. The van der Waals surface area contributed by atoms with Gasteiger partial charge in [-0.05, 0) is 37.0 Å². The first-order chi connectivity index (χ1) is 10.6. The molecule has 3 rings (SSSR count). The lowest BCUT2D eigenvalue weighted by Crippen LogP contribution is -2.46. The second kappa shape index (κ2) is 6.55. The number of rotatable bonds is 2. The Bertz CT molecular complexity index is 566. The van der Waals surface area contributed by atoms with Crippen LogP contribution in [0.4, 0.5) is 4.39 Å². The minimum absolute atomic E-state index is 0.166. The van der Waals surface area contributed by atoms with E-state index in [1.165, 1.54) is 6.07 Å². The van der Waals surface area contributed by atoms with Gasteiger partial charge < -0.3 is 4.90 Å². The zero-order valence-electron chi connectivity index (χ0n) is 12.9. The number of amides is 1. The first kappa shape index (κ1) is 15.8. The third kappa shape index (κ3) is 3.13. The maximum absolute atomic E-state index is 13.6. The zero-order chi connectivity index (χ0) is 15.7. The summed E-state index contributed by atoms with van der Waals surface area (Å²) in [5, 5.41) is 0.166. The van der Waals surface area contributed by atoms with Crippen molar-refractivity contribution in [1.29, 1.82) is 0 Å². The molecule has 0 unspecified atom stereocenters. The number of hydrogen-bond donors (Lipinski definition) is 0. The normalized spacial score (nSPS) is 26.7. The fourth-order valence-corrected chi connectivity index (χ4v) is 3.90. The Morgan fingerprint density at radius 3 is 2.86 bits per heavy atom. The molecule has 3 nitrogen and oxygen atoms in total. The summed E-state index contributed by atoms with van der Waals surface area (Å²) in [5.41, 5.74) is 0.943. The first-order valence-corrected chi connectivity index (χ1v) is 8.37. The van der Waals surface area contributed by atoms with E-state index in [-0.39, 0.29) is 16.7 Å². The van der Waals surface area contributed by atoms with E-state index in [9.17, 15) is 9.18 Å². The molecule has 0 saturated carbocycles. The fraction of sp³-hybridized carbons (Fsp3) is 0.588. The Labute approximate surface area is 136 Å². The number of benzene rings is 1. The molecular weight excluding hydrogens is 303 g/mol. The van der Waals surface area contributed by atoms with Crippen LogP contribution in [-0.2, 0) is 11.3 Å². The topological polar surface area (TPSA) is 23.6 Å². The van der Waals surface area contributed by atoms with E-state index >= 15 is 0 Å². The van der Waals surface area contributed by atoms with Gasteiger partial charge in [-0.15, -0.1) is 0 Å². The number of likely N-dealkylation sites (tertiary alicyclic amines) is 2. The van der Waals surface area contributed by atoms with Gasteiger partial charge in [0, 0.05) is 38.6 Å². The van der Waals surface area contributed by atoms with Gasteiger partial charge in [0.15, 0.2) is 0 Å². The van der Waals surface area contributed by atoms with Gasteiger partial charge >= 0.3 is 0 Å². The summed E-state index contributed by atoms with van der Waals surface area (Å²) in [4.78, 5) is 16.4. The summed E-state index contributed by atoms with van der Waals surface area (Å²) >= 11 is 5.75.